The van der Waals surface area contributed by atoms with E-state index in [4.69, 9.17) is 5.73 Å². The van der Waals surface area contributed by atoms with E-state index in [0.717, 1.165) is 45.6 Å². The quantitative estimate of drug-likeness (QED) is 0.874. The third-order valence-electron chi connectivity index (χ3n) is 4.69. The normalized spacial score (nSPS) is 18.0. The zero-order chi connectivity index (χ0) is 16.7. The van der Waals surface area contributed by atoms with Crippen molar-refractivity contribution in [2.45, 2.75) is 39.2 Å². The number of nitrogens with two attached hydrogens (primary N) is 1. The van der Waals surface area contributed by atoms with Crippen LogP contribution in [0.25, 0.3) is 0 Å². The summed E-state index contributed by atoms with van der Waals surface area (Å²) < 4.78 is 0. The lowest BCUT2D eigenvalue weighted by atomic mass is 10.0. The molecule has 0 radical (unpaired) electrons. The summed E-state index contributed by atoms with van der Waals surface area (Å²) in [7, 11) is 0. The summed E-state index contributed by atoms with van der Waals surface area (Å²) in [4.78, 5) is 16.8. The molecule has 23 heavy (non-hydrogen) atoms. The van der Waals surface area contributed by atoms with Crippen molar-refractivity contribution in [3.63, 3.8) is 0 Å². The molecule has 1 aliphatic heterocycles. The van der Waals surface area contributed by atoms with Gasteiger partial charge in [-0.05, 0) is 43.8 Å². The van der Waals surface area contributed by atoms with E-state index in [-0.39, 0.29) is 17.9 Å². The number of hydrogen-bond donors (Lipinski definition) is 1. The van der Waals surface area contributed by atoms with Crippen molar-refractivity contribution in [1.82, 2.24) is 9.80 Å². The first-order chi connectivity index (χ1) is 11.1. The maximum absolute atomic E-state index is 12.4. The number of carbonyl (C=O) groups excluding carboxylic acids is 1. The zero-order valence-electron chi connectivity index (χ0n) is 14.6. The Bertz CT molecular complexity index is 475. The van der Waals surface area contributed by atoms with Crippen molar-refractivity contribution in [2.75, 3.05) is 32.7 Å². The van der Waals surface area contributed by atoms with E-state index >= 15 is 0 Å². The SMILES string of the molecule is CC(C)[C@H](N)C(=O)N1CCCN(CCCc2ccccc2)CC1. The van der Waals surface area contributed by atoms with Crippen molar-refractivity contribution >= 4 is 5.91 Å². The molecular weight excluding hydrogens is 286 g/mol. The Labute approximate surface area is 140 Å². The second-order valence-electron chi connectivity index (χ2n) is 6.88. The number of hydrogen-bond acceptors (Lipinski definition) is 3. The molecule has 0 spiro atoms. The van der Waals surface area contributed by atoms with Gasteiger partial charge in [0.05, 0.1) is 6.04 Å². The van der Waals surface area contributed by atoms with E-state index in [1.165, 1.54) is 12.0 Å². The van der Waals surface area contributed by atoms with Gasteiger partial charge in [-0.3, -0.25) is 4.79 Å². The van der Waals surface area contributed by atoms with Gasteiger partial charge in [0.25, 0.3) is 0 Å². The van der Waals surface area contributed by atoms with Gasteiger partial charge in [-0.2, -0.15) is 0 Å². The number of rotatable bonds is 6. The first-order valence-corrected chi connectivity index (χ1v) is 8.88. The molecule has 0 aliphatic carbocycles. The smallest absolute Gasteiger partial charge is 0.239 e. The maximum Gasteiger partial charge on any atom is 0.239 e. The highest BCUT2D eigenvalue weighted by Gasteiger charge is 2.25. The summed E-state index contributed by atoms with van der Waals surface area (Å²) in [6.07, 6.45) is 3.34. The molecule has 1 aromatic carbocycles. The molecule has 1 heterocycles. The summed E-state index contributed by atoms with van der Waals surface area (Å²) >= 11 is 0. The number of carbonyl (C=O) groups is 1. The third-order valence-corrected chi connectivity index (χ3v) is 4.69. The summed E-state index contributed by atoms with van der Waals surface area (Å²) in [5.74, 6) is 0.318. The fourth-order valence-corrected chi connectivity index (χ4v) is 3.06. The molecule has 1 saturated heterocycles. The van der Waals surface area contributed by atoms with Crippen molar-refractivity contribution in [1.29, 1.82) is 0 Å². The topological polar surface area (TPSA) is 49.6 Å². The predicted octanol–water partition coefficient (Wildman–Crippen LogP) is 2.14. The second kappa shape index (κ2) is 9.04. The number of benzene rings is 1. The Kier molecular flexibility index (Phi) is 7.06. The van der Waals surface area contributed by atoms with E-state index in [9.17, 15) is 4.79 Å². The molecule has 0 aromatic heterocycles. The average molecular weight is 317 g/mol. The molecule has 128 valence electrons. The van der Waals surface area contributed by atoms with E-state index < -0.39 is 0 Å². The van der Waals surface area contributed by atoms with Crippen LogP contribution in [0.5, 0.6) is 0 Å². The first-order valence-electron chi connectivity index (χ1n) is 8.88. The number of aryl methyl sites for hydroxylation is 1. The van der Waals surface area contributed by atoms with Gasteiger partial charge in [-0.15, -0.1) is 0 Å². The highest BCUT2D eigenvalue weighted by Crippen LogP contribution is 2.10. The van der Waals surface area contributed by atoms with Crippen molar-refractivity contribution in [3.8, 4) is 0 Å². The maximum atomic E-state index is 12.4. The Hall–Kier alpha value is -1.39. The molecule has 0 bridgehead atoms. The lowest BCUT2D eigenvalue weighted by molar-refractivity contribution is -0.133. The monoisotopic (exact) mass is 317 g/mol. The van der Waals surface area contributed by atoms with Gasteiger partial charge in [0, 0.05) is 19.6 Å². The summed E-state index contributed by atoms with van der Waals surface area (Å²) in [6, 6.07) is 10.3. The largest absolute Gasteiger partial charge is 0.340 e. The molecule has 1 aliphatic rings. The van der Waals surface area contributed by atoms with Crippen LogP contribution in [0.15, 0.2) is 30.3 Å². The average Bonchev–Trinajstić information content (AvgIpc) is 2.80. The minimum Gasteiger partial charge on any atom is -0.340 e. The van der Waals surface area contributed by atoms with Gasteiger partial charge in [0.2, 0.25) is 5.91 Å². The summed E-state index contributed by atoms with van der Waals surface area (Å²) in [5.41, 5.74) is 7.42. The molecule has 1 amide bonds. The van der Waals surface area contributed by atoms with Crippen LogP contribution in [0.1, 0.15) is 32.3 Å². The van der Waals surface area contributed by atoms with Gasteiger partial charge >= 0.3 is 0 Å². The highest BCUT2D eigenvalue weighted by atomic mass is 16.2. The van der Waals surface area contributed by atoms with Crippen molar-refractivity contribution in [2.24, 2.45) is 11.7 Å². The van der Waals surface area contributed by atoms with Crippen LogP contribution < -0.4 is 5.73 Å². The van der Waals surface area contributed by atoms with E-state index in [1.54, 1.807) is 0 Å². The van der Waals surface area contributed by atoms with Crippen LogP contribution in [0.2, 0.25) is 0 Å². The van der Waals surface area contributed by atoms with Crippen LogP contribution >= 0.6 is 0 Å². The minimum absolute atomic E-state index is 0.117. The first kappa shape index (κ1) is 18.0. The van der Waals surface area contributed by atoms with E-state index in [1.807, 2.05) is 18.7 Å². The van der Waals surface area contributed by atoms with Crippen molar-refractivity contribution < 1.29 is 4.79 Å². The zero-order valence-corrected chi connectivity index (χ0v) is 14.6. The molecule has 4 nitrogen and oxygen atoms in total. The standard InChI is InChI=1S/C19H31N3O/c1-16(2)18(20)19(23)22-13-7-12-21(14-15-22)11-6-10-17-8-4-3-5-9-17/h3-5,8-9,16,18H,6-7,10-15,20H2,1-2H3/t18-/m0/s1. The Balaban J connectivity index is 1.74. The molecule has 1 atom stereocenters. The Morgan fingerprint density at radius 2 is 1.87 bits per heavy atom. The lowest BCUT2D eigenvalue weighted by Crippen LogP contribution is -2.47. The fraction of sp³-hybridized carbons (Fsp3) is 0.632. The molecule has 4 heteroatoms. The Morgan fingerprint density at radius 1 is 1.13 bits per heavy atom. The lowest BCUT2D eigenvalue weighted by Gasteiger charge is -2.26. The number of amides is 1. The van der Waals surface area contributed by atoms with Gasteiger partial charge in [0.1, 0.15) is 0 Å². The molecule has 1 fully saturated rings. The second-order valence-corrected chi connectivity index (χ2v) is 6.88. The third kappa shape index (κ3) is 5.63. The molecule has 2 rings (SSSR count). The molecular formula is C19H31N3O. The molecule has 0 unspecified atom stereocenters. The van der Waals surface area contributed by atoms with Crippen LogP contribution in [0.4, 0.5) is 0 Å². The van der Waals surface area contributed by atoms with Crippen LogP contribution in [-0.4, -0.2) is 54.5 Å². The van der Waals surface area contributed by atoms with E-state index in [0.29, 0.717) is 0 Å². The van der Waals surface area contributed by atoms with Crippen molar-refractivity contribution in [3.05, 3.63) is 35.9 Å². The highest BCUT2D eigenvalue weighted by molar-refractivity contribution is 5.81. The predicted molar refractivity (Wildman–Crippen MR) is 95.2 cm³/mol. The Morgan fingerprint density at radius 3 is 2.57 bits per heavy atom. The molecule has 0 saturated carbocycles. The van der Waals surface area contributed by atoms with Gasteiger partial charge in [0.15, 0.2) is 0 Å². The number of nitrogens with zero attached hydrogens (tertiary/aromatic N) is 2. The van der Waals surface area contributed by atoms with Crippen LogP contribution in [0.3, 0.4) is 0 Å². The fourth-order valence-electron chi connectivity index (χ4n) is 3.06. The molecule has 1 aromatic rings. The molecule has 2 N–H and O–H groups in total. The summed E-state index contributed by atoms with van der Waals surface area (Å²) in [5, 5.41) is 0. The van der Waals surface area contributed by atoms with Crippen LogP contribution in [0, 0.1) is 5.92 Å². The minimum atomic E-state index is -0.361. The summed E-state index contributed by atoms with van der Waals surface area (Å²) in [6.45, 7) is 8.82. The van der Waals surface area contributed by atoms with Gasteiger partial charge in [-0.25, -0.2) is 0 Å². The van der Waals surface area contributed by atoms with Crippen LogP contribution in [-0.2, 0) is 11.2 Å². The van der Waals surface area contributed by atoms with Gasteiger partial charge in [-0.1, -0.05) is 44.2 Å². The van der Waals surface area contributed by atoms with E-state index in [2.05, 4.69) is 35.2 Å². The van der Waals surface area contributed by atoms with Gasteiger partial charge < -0.3 is 15.5 Å².